The molecule has 0 spiro atoms. The van der Waals surface area contributed by atoms with Crippen LogP contribution in [0.2, 0.25) is 0 Å². The summed E-state index contributed by atoms with van der Waals surface area (Å²) >= 11 is 0. The summed E-state index contributed by atoms with van der Waals surface area (Å²) in [6.07, 6.45) is 0. The first-order valence-corrected chi connectivity index (χ1v) is 11.7. The third-order valence-electron chi connectivity index (χ3n) is 4.95. The fourth-order valence-electron chi connectivity index (χ4n) is 3.37. The number of para-hydroxylation sites is 1. The number of anilines is 1. The smallest absolute Gasteiger partial charge is 0.259 e. The van der Waals surface area contributed by atoms with Gasteiger partial charge in [0.1, 0.15) is 11.5 Å². The van der Waals surface area contributed by atoms with Gasteiger partial charge in [-0.15, -0.1) is 0 Å². The highest BCUT2D eigenvalue weighted by atomic mass is 32.2. The molecule has 0 aliphatic carbocycles. The first kappa shape index (κ1) is 22.7. The number of nitrogens with zero attached hydrogens (tertiary/aromatic N) is 1. The van der Waals surface area contributed by atoms with Gasteiger partial charge < -0.3 is 10.1 Å². The third kappa shape index (κ3) is 5.13. The van der Waals surface area contributed by atoms with E-state index >= 15 is 0 Å². The van der Waals surface area contributed by atoms with Gasteiger partial charge in [-0.25, -0.2) is 18.4 Å². The molecule has 0 fully saturated rings. The van der Waals surface area contributed by atoms with E-state index in [-0.39, 0.29) is 10.8 Å². The van der Waals surface area contributed by atoms with Crippen LogP contribution in [0, 0.1) is 6.57 Å². The molecular formula is C26H19N3O4S. The molecule has 0 aromatic heterocycles. The highest BCUT2D eigenvalue weighted by Gasteiger charge is 2.16. The van der Waals surface area contributed by atoms with Crippen molar-refractivity contribution in [3.63, 3.8) is 0 Å². The van der Waals surface area contributed by atoms with Crippen LogP contribution in [0.1, 0.15) is 10.4 Å². The largest absolute Gasteiger partial charge is 0.458 e. The summed E-state index contributed by atoms with van der Waals surface area (Å²) in [6.45, 7) is 7.14. The van der Waals surface area contributed by atoms with Crippen LogP contribution < -0.4 is 15.2 Å². The highest BCUT2D eigenvalue weighted by Crippen LogP contribution is 2.30. The van der Waals surface area contributed by atoms with E-state index < -0.39 is 10.0 Å². The van der Waals surface area contributed by atoms with Gasteiger partial charge in [0.2, 0.25) is 10.0 Å². The van der Waals surface area contributed by atoms with Crippen molar-refractivity contribution in [2.45, 2.75) is 4.90 Å². The van der Waals surface area contributed by atoms with Crippen molar-refractivity contribution in [1.29, 1.82) is 0 Å². The lowest BCUT2D eigenvalue weighted by Gasteiger charge is -2.12. The lowest BCUT2D eigenvalue weighted by molar-refractivity contribution is 0.102. The first-order valence-electron chi connectivity index (χ1n) is 10.1. The summed E-state index contributed by atoms with van der Waals surface area (Å²) < 4.78 is 29.6. The normalized spacial score (nSPS) is 10.8. The lowest BCUT2D eigenvalue weighted by Crippen LogP contribution is -2.13. The van der Waals surface area contributed by atoms with E-state index in [1.807, 2.05) is 0 Å². The highest BCUT2D eigenvalue weighted by molar-refractivity contribution is 7.89. The Morgan fingerprint density at radius 1 is 0.882 bits per heavy atom. The van der Waals surface area contributed by atoms with Gasteiger partial charge in [0.05, 0.1) is 17.0 Å². The minimum atomic E-state index is -3.88. The molecule has 0 bridgehead atoms. The maximum Gasteiger partial charge on any atom is 0.259 e. The molecular weight excluding hydrogens is 450 g/mol. The number of carbonyl (C=O) groups is 1. The molecule has 0 aliphatic rings. The van der Waals surface area contributed by atoms with E-state index in [4.69, 9.17) is 16.4 Å². The summed E-state index contributed by atoms with van der Waals surface area (Å²) in [5, 5.41) is 8.15. The molecule has 4 aromatic carbocycles. The number of nitrogens with two attached hydrogens (primary N) is 1. The standard InChI is InChI=1S/C26H19N3O4S/c1-28-20-7-6-8-21(17-20)33-24-11-4-2-10-23(24)26(30)29-19-15-13-18(14-16-19)22-9-3-5-12-25(22)34(27,31)32/h2-17H,(H,29,30)(H2,27,31,32). The van der Waals surface area contributed by atoms with E-state index in [1.54, 1.807) is 91.0 Å². The molecule has 4 aromatic rings. The number of rotatable bonds is 6. The molecule has 34 heavy (non-hydrogen) atoms. The molecule has 0 aliphatic heterocycles. The zero-order valence-electron chi connectivity index (χ0n) is 17.8. The lowest BCUT2D eigenvalue weighted by atomic mass is 10.1. The second-order valence-corrected chi connectivity index (χ2v) is 8.81. The molecule has 7 nitrogen and oxygen atoms in total. The maximum absolute atomic E-state index is 13.0. The van der Waals surface area contributed by atoms with Gasteiger partial charge in [-0.05, 0) is 48.0 Å². The average molecular weight is 470 g/mol. The number of primary sulfonamides is 1. The van der Waals surface area contributed by atoms with Crippen LogP contribution in [0.3, 0.4) is 0 Å². The Labute approximate surface area is 197 Å². The number of sulfonamides is 1. The first-order chi connectivity index (χ1) is 16.3. The van der Waals surface area contributed by atoms with Crippen molar-refractivity contribution in [3.8, 4) is 22.6 Å². The zero-order chi connectivity index (χ0) is 24.1. The van der Waals surface area contributed by atoms with E-state index in [0.29, 0.717) is 39.6 Å². The third-order valence-corrected chi connectivity index (χ3v) is 5.92. The van der Waals surface area contributed by atoms with Crippen molar-refractivity contribution in [2.24, 2.45) is 5.14 Å². The molecule has 168 valence electrons. The molecule has 1 amide bonds. The minimum Gasteiger partial charge on any atom is -0.458 e. The van der Waals surface area contributed by atoms with Crippen LogP contribution in [-0.4, -0.2) is 14.3 Å². The summed E-state index contributed by atoms with van der Waals surface area (Å²) in [5.41, 5.74) is 2.39. The van der Waals surface area contributed by atoms with Gasteiger partial charge in [-0.2, -0.15) is 0 Å². The number of ether oxygens (including phenoxy) is 1. The second-order valence-electron chi connectivity index (χ2n) is 7.28. The van der Waals surface area contributed by atoms with Gasteiger partial charge in [0, 0.05) is 11.3 Å². The monoisotopic (exact) mass is 469 g/mol. The molecule has 0 atom stereocenters. The Hall–Kier alpha value is -4.45. The van der Waals surface area contributed by atoms with Crippen LogP contribution >= 0.6 is 0 Å². The molecule has 4 rings (SSSR count). The molecule has 0 radical (unpaired) electrons. The molecule has 3 N–H and O–H groups in total. The quantitative estimate of drug-likeness (QED) is 0.359. The predicted octanol–water partition coefficient (Wildman–Crippen LogP) is 5.60. The van der Waals surface area contributed by atoms with Crippen molar-refractivity contribution in [1.82, 2.24) is 0 Å². The zero-order valence-corrected chi connectivity index (χ0v) is 18.6. The van der Waals surface area contributed by atoms with Gasteiger partial charge in [-0.1, -0.05) is 54.6 Å². The number of hydrogen-bond acceptors (Lipinski definition) is 4. The van der Waals surface area contributed by atoms with Crippen molar-refractivity contribution < 1.29 is 17.9 Å². The summed E-state index contributed by atoms with van der Waals surface area (Å²) in [7, 11) is -3.88. The summed E-state index contributed by atoms with van der Waals surface area (Å²) in [4.78, 5) is 16.4. The fourth-order valence-corrected chi connectivity index (χ4v) is 4.13. The van der Waals surface area contributed by atoms with Crippen LogP contribution in [0.5, 0.6) is 11.5 Å². The van der Waals surface area contributed by atoms with Crippen molar-refractivity contribution >= 4 is 27.3 Å². The number of carbonyl (C=O) groups excluding carboxylic acids is 1. The number of nitrogens with one attached hydrogen (secondary N) is 1. The summed E-state index contributed by atoms with van der Waals surface area (Å²) in [5.74, 6) is 0.419. The van der Waals surface area contributed by atoms with Crippen molar-refractivity contribution in [3.05, 3.63) is 114 Å². The Bertz CT molecular complexity index is 1510. The molecule has 0 unspecified atom stereocenters. The Balaban J connectivity index is 1.55. The van der Waals surface area contributed by atoms with Crippen molar-refractivity contribution in [2.75, 3.05) is 5.32 Å². The van der Waals surface area contributed by atoms with E-state index in [0.717, 1.165) is 0 Å². The molecule has 0 heterocycles. The Morgan fingerprint density at radius 3 is 2.32 bits per heavy atom. The van der Waals surface area contributed by atoms with Crippen LogP contribution in [0.15, 0.2) is 102 Å². The van der Waals surface area contributed by atoms with Crippen LogP contribution in [-0.2, 0) is 10.0 Å². The van der Waals surface area contributed by atoms with E-state index in [1.165, 1.54) is 6.07 Å². The fraction of sp³-hybridized carbons (Fsp3) is 0. The van der Waals surface area contributed by atoms with Gasteiger partial charge in [0.25, 0.3) is 5.91 Å². The molecule has 0 saturated carbocycles. The SMILES string of the molecule is [C-]#[N+]c1cccc(Oc2ccccc2C(=O)Nc2ccc(-c3ccccc3S(N)(=O)=O)cc2)c1. The van der Waals surface area contributed by atoms with E-state index in [9.17, 15) is 13.2 Å². The molecule has 8 heteroatoms. The number of amides is 1. The van der Waals surface area contributed by atoms with E-state index in [2.05, 4.69) is 10.2 Å². The summed E-state index contributed by atoms with van der Waals surface area (Å²) in [6, 6.07) is 26.7. The topological polar surface area (TPSA) is 103 Å². The predicted molar refractivity (Wildman–Crippen MR) is 130 cm³/mol. The number of hydrogen-bond donors (Lipinski definition) is 2. The second kappa shape index (κ2) is 9.58. The Kier molecular flexibility index (Phi) is 6.41. The Morgan fingerprint density at radius 2 is 1.59 bits per heavy atom. The average Bonchev–Trinajstić information content (AvgIpc) is 2.84. The minimum absolute atomic E-state index is 0.0279. The maximum atomic E-state index is 13.0. The van der Waals surface area contributed by atoms with Crippen LogP contribution in [0.25, 0.3) is 16.0 Å². The van der Waals surface area contributed by atoms with Gasteiger partial charge in [-0.3, -0.25) is 4.79 Å². The van der Waals surface area contributed by atoms with Gasteiger partial charge >= 0.3 is 0 Å². The van der Waals surface area contributed by atoms with Gasteiger partial charge in [0.15, 0.2) is 5.69 Å². The number of benzene rings is 4. The molecule has 0 saturated heterocycles. The van der Waals surface area contributed by atoms with Crippen LogP contribution in [0.4, 0.5) is 11.4 Å².